The zero-order valence-electron chi connectivity index (χ0n) is 10.5. The fraction of sp³-hybridized carbons (Fsp3) is 1.00. The van der Waals surface area contributed by atoms with Crippen molar-refractivity contribution in [3.05, 3.63) is 0 Å². The number of likely N-dealkylation sites (tertiary alicyclic amines) is 1. The molecular weight excluding hydrogens is 204 g/mol. The molecule has 90 valence electrons. The molecule has 0 aromatic heterocycles. The number of nitrogens with zero attached hydrogens (tertiary/aromatic N) is 1. The van der Waals surface area contributed by atoms with Crippen molar-refractivity contribution in [2.24, 2.45) is 0 Å². The van der Waals surface area contributed by atoms with E-state index in [-0.39, 0.29) is 0 Å². The molecule has 1 N–H and O–H groups in total. The molecule has 1 fully saturated rings. The van der Waals surface area contributed by atoms with Crippen molar-refractivity contribution in [2.45, 2.75) is 45.2 Å². The smallest absolute Gasteiger partial charge is 0.0132 e. The van der Waals surface area contributed by atoms with E-state index in [1.807, 2.05) is 11.8 Å². The molecule has 1 unspecified atom stereocenters. The van der Waals surface area contributed by atoms with E-state index in [1.165, 1.54) is 44.6 Å². The largest absolute Gasteiger partial charge is 0.311 e. The van der Waals surface area contributed by atoms with Gasteiger partial charge in [0.1, 0.15) is 0 Å². The van der Waals surface area contributed by atoms with Crippen molar-refractivity contribution >= 4 is 11.8 Å². The zero-order chi connectivity index (χ0) is 11.1. The van der Waals surface area contributed by atoms with Gasteiger partial charge in [-0.3, -0.25) is 0 Å². The molecule has 1 atom stereocenters. The van der Waals surface area contributed by atoms with Crippen molar-refractivity contribution in [3.63, 3.8) is 0 Å². The maximum atomic E-state index is 3.73. The van der Waals surface area contributed by atoms with Gasteiger partial charge >= 0.3 is 0 Å². The number of hydrogen-bond acceptors (Lipinski definition) is 3. The molecule has 0 bridgehead atoms. The summed E-state index contributed by atoms with van der Waals surface area (Å²) >= 11 is 1.93. The normalized spacial score (nSPS) is 21.8. The molecule has 1 heterocycles. The first-order valence-corrected chi connectivity index (χ1v) is 7.63. The maximum absolute atomic E-state index is 3.73. The summed E-state index contributed by atoms with van der Waals surface area (Å²) in [6, 6.07) is 1.43. The molecule has 2 nitrogen and oxygen atoms in total. The van der Waals surface area contributed by atoms with Crippen LogP contribution < -0.4 is 5.32 Å². The van der Waals surface area contributed by atoms with Crippen molar-refractivity contribution in [3.8, 4) is 0 Å². The first-order valence-electron chi connectivity index (χ1n) is 6.23. The Bertz CT molecular complexity index is 156. The van der Waals surface area contributed by atoms with Gasteiger partial charge in [-0.25, -0.2) is 0 Å². The van der Waals surface area contributed by atoms with Gasteiger partial charge in [0.2, 0.25) is 0 Å². The minimum atomic E-state index is 0.669. The molecule has 0 amide bonds. The molecule has 1 saturated heterocycles. The highest BCUT2D eigenvalue weighted by Crippen LogP contribution is 2.11. The van der Waals surface area contributed by atoms with Crippen LogP contribution in [0.15, 0.2) is 0 Å². The van der Waals surface area contributed by atoms with Gasteiger partial charge in [0, 0.05) is 17.8 Å². The first kappa shape index (κ1) is 13.3. The van der Waals surface area contributed by atoms with E-state index >= 15 is 0 Å². The number of thioether (sulfide) groups is 1. The van der Waals surface area contributed by atoms with E-state index in [2.05, 4.69) is 30.3 Å². The van der Waals surface area contributed by atoms with Gasteiger partial charge in [-0.05, 0) is 52.1 Å². The molecule has 1 aliphatic rings. The van der Waals surface area contributed by atoms with Crippen LogP contribution in [0.2, 0.25) is 0 Å². The van der Waals surface area contributed by atoms with Gasteiger partial charge in [-0.2, -0.15) is 11.8 Å². The minimum Gasteiger partial charge on any atom is -0.311 e. The average molecular weight is 230 g/mol. The van der Waals surface area contributed by atoms with E-state index in [0.29, 0.717) is 6.04 Å². The monoisotopic (exact) mass is 230 g/mol. The van der Waals surface area contributed by atoms with Gasteiger partial charge in [-0.15, -0.1) is 0 Å². The molecule has 1 rings (SSSR count). The summed E-state index contributed by atoms with van der Waals surface area (Å²) in [6.45, 7) is 8.43. The van der Waals surface area contributed by atoms with Gasteiger partial charge in [0.25, 0.3) is 0 Å². The van der Waals surface area contributed by atoms with Crippen molar-refractivity contribution in [1.29, 1.82) is 0 Å². The molecular formula is C12H26N2S. The molecule has 0 aromatic rings. The Morgan fingerprint density at radius 3 is 2.60 bits per heavy atom. The van der Waals surface area contributed by atoms with E-state index in [0.717, 1.165) is 6.04 Å². The summed E-state index contributed by atoms with van der Waals surface area (Å²) < 4.78 is 0. The second kappa shape index (κ2) is 7.53. The molecule has 0 aromatic carbocycles. The molecule has 0 spiro atoms. The van der Waals surface area contributed by atoms with Crippen molar-refractivity contribution in [1.82, 2.24) is 10.2 Å². The van der Waals surface area contributed by atoms with Crippen LogP contribution in [-0.4, -0.2) is 48.6 Å². The van der Waals surface area contributed by atoms with Crippen LogP contribution >= 0.6 is 11.8 Å². The van der Waals surface area contributed by atoms with E-state index in [1.54, 1.807) is 0 Å². The van der Waals surface area contributed by atoms with Crippen LogP contribution in [0.3, 0.4) is 0 Å². The standard InChI is InChI=1S/C12H26N2S/c1-4-7-14-8-5-12(6-9-14)13-11(2)10-15-3/h11-13H,4-10H2,1-3H3. The molecule has 0 radical (unpaired) electrons. The molecule has 0 saturated carbocycles. The highest BCUT2D eigenvalue weighted by molar-refractivity contribution is 7.98. The lowest BCUT2D eigenvalue weighted by Gasteiger charge is -2.33. The predicted molar refractivity (Wildman–Crippen MR) is 70.7 cm³/mol. The Morgan fingerprint density at radius 2 is 2.07 bits per heavy atom. The lowest BCUT2D eigenvalue weighted by molar-refractivity contribution is 0.194. The highest BCUT2D eigenvalue weighted by atomic mass is 32.2. The number of hydrogen-bond donors (Lipinski definition) is 1. The predicted octanol–water partition coefficient (Wildman–Crippen LogP) is 2.20. The van der Waals surface area contributed by atoms with Crippen LogP contribution in [0.5, 0.6) is 0 Å². The second-order valence-electron chi connectivity index (χ2n) is 4.64. The molecule has 15 heavy (non-hydrogen) atoms. The second-order valence-corrected chi connectivity index (χ2v) is 5.55. The van der Waals surface area contributed by atoms with Gasteiger partial charge in [-0.1, -0.05) is 6.92 Å². The summed E-state index contributed by atoms with van der Waals surface area (Å²) in [5, 5.41) is 3.73. The zero-order valence-corrected chi connectivity index (χ0v) is 11.3. The average Bonchev–Trinajstić information content (AvgIpc) is 2.22. The fourth-order valence-corrected chi connectivity index (χ4v) is 2.94. The Morgan fingerprint density at radius 1 is 1.40 bits per heavy atom. The van der Waals surface area contributed by atoms with Crippen LogP contribution in [-0.2, 0) is 0 Å². The van der Waals surface area contributed by atoms with Gasteiger partial charge in [0.15, 0.2) is 0 Å². The quantitative estimate of drug-likeness (QED) is 0.753. The van der Waals surface area contributed by atoms with Crippen molar-refractivity contribution in [2.75, 3.05) is 31.6 Å². The first-order chi connectivity index (χ1) is 7.26. The summed E-state index contributed by atoms with van der Waals surface area (Å²) in [7, 11) is 0. The summed E-state index contributed by atoms with van der Waals surface area (Å²) in [5.41, 5.74) is 0. The third-order valence-electron chi connectivity index (χ3n) is 3.06. The van der Waals surface area contributed by atoms with Crippen LogP contribution in [0.4, 0.5) is 0 Å². The summed E-state index contributed by atoms with van der Waals surface area (Å²) in [6.07, 6.45) is 6.14. The van der Waals surface area contributed by atoms with Crippen molar-refractivity contribution < 1.29 is 0 Å². The Balaban J connectivity index is 2.14. The summed E-state index contributed by atoms with van der Waals surface area (Å²) in [4.78, 5) is 2.59. The third-order valence-corrected chi connectivity index (χ3v) is 3.90. The third kappa shape index (κ3) is 5.23. The van der Waals surface area contributed by atoms with E-state index in [4.69, 9.17) is 0 Å². The molecule has 3 heteroatoms. The fourth-order valence-electron chi connectivity index (χ4n) is 2.34. The van der Waals surface area contributed by atoms with E-state index in [9.17, 15) is 0 Å². The van der Waals surface area contributed by atoms with Crippen LogP contribution in [0.25, 0.3) is 0 Å². The lowest BCUT2D eigenvalue weighted by atomic mass is 10.0. The van der Waals surface area contributed by atoms with Gasteiger partial charge in [0.05, 0.1) is 0 Å². The molecule has 0 aliphatic carbocycles. The van der Waals surface area contributed by atoms with Gasteiger partial charge < -0.3 is 10.2 Å². The number of rotatable bonds is 6. The Labute approximate surface area is 99.2 Å². The lowest BCUT2D eigenvalue weighted by Crippen LogP contribution is -2.46. The SMILES string of the molecule is CCCN1CCC(NC(C)CSC)CC1. The Kier molecular flexibility index (Phi) is 6.69. The molecule has 1 aliphatic heterocycles. The number of nitrogens with one attached hydrogen (secondary N) is 1. The highest BCUT2D eigenvalue weighted by Gasteiger charge is 2.19. The summed E-state index contributed by atoms with van der Waals surface area (Å²) in [5.74, 6) is 1.23. The minimum absolute atomic E-state index is 0.669. The van der Waals surface area contributed by atoms with E-state index < -0.39 is 0 Å². The van der Waals surface area contributed by atoms with Crippen LogP contribution in [0.1, 0.15) is 33.1 Å². The topological polar surface area (TPSA) is 15.3 Å². The van der Waals surface area contributed by atoms with Crippen LogP contribution in [0, 0.1) is 0 Å². The Hall–Kier alpha value is 0.270. The number of piperidine rings is 1. The maximum Gasteiger partial charge on any atom is 0.0132 e.